The third-order valence-electron chi connectivity index (χ3n) is 5.44. The summed E-state index contributed by atoms with van der Waals surface area (Å²) in [7, 11) is -2.25. The van der Waals surface area contributed by atoms with Crippen molar-refractivity contribution in [3.05, 3.63) is 42.1 Å². The summed E-state index contributed by atoms with van der Waals surface area (Å²) in [5, 5.41) is 2.79. The number of sulfonamides is 1. The second-order valence-electron chi connectivity index (χ2n) is 7.36. The molecule has 1 aromatic heterocycles. The predicted octanol–water partition coefficient (Wildman–Crippen LogP) is 3.36. The molecule has 1 aliphatic rings. The summed E-state index contributed by atoms with van der Waals surface area (Å²) >= 11 is 0. The van der Waals surface area contributed by atoms with Gasteiger partial charge in [-0.25, -0.2) is 13.4 Å². The van der Waals surface area contributed by atoms with Crippen LogP contribution in [0.15, 0.2) is 41.4 Å². The number of rotatable bonds is 8. The van der Waals surface area contributed by atoms with Gasteiger partial charge in [0.15, 0.2) is 0 Å². The highest BCUT2D eigenvalue weighted by atomic mass is 32.2. The van der Waals surface area contributed by atoms with E-state index in [4.69, 9.17) is 4.74 Å². The molecular weight excluding hydrogens is 416 g/mol. The molecule has 168 valence electrons. The molecule has 0 saturated carbocycles. The normalized spacial score (nSPS) is 14.5. The molecule has 1 aliphatic heterocycles. The minimum absolute atomic E-state index is 0.0562. The van der Waals surface area contributed by atoms with Gasteiger partial charge in [0.1, 0.15) is 11.6 Å². The van der Waals surface area contributed by atoms with Gasteiger partial charge < -0.3 is 15.0 Å². The zero-order chi connectivity index (χ0) is 22.4. The molecule has 0 aliphatic carbocycles. The van der Waals surface area contributed by atoms with Crippen molar-refractivity contribution < 1.29 is 17.9 Å². The molecule has 0 unspecified atom stereocenters. The van der Waals surface area contributed by atoms with Crippen LogP contribution >= 0.6 is 0 Å². The lowest BCUT2D eigenvalue weighted by atomic mass is 10.1. The van der Waals surface area contributed by atoms with E-state index in [1.807, 2.05) is 6.07 Å². The summed E-state index contributed by atoms with van der Waals surface area (Å²) in [6.45, 7) is 6.23. The molecule has 1 saturated heterocycles. The Labute approximate surface area is 184 Å². The summed E-state index contributed by atoms with van der Waals surface area (Å²) in [4.78, 5) is 19.7. The Kier molecular flexibility index (Phi) is 7.50. The molecule has 2 aromatic rings. The van der Waals surface area contributed by atoms with Crippen LogP contribution in [0.25, 0.3) is 0 Å². The Hall–Kier alpha value is -2.65. The Morgan fingerprint density at radius 3 is 2.42 bits per heavy atom. The van der Waals surface area contributed by atoms with Gasteiger partial charge >= 0.3 is 0 Å². The number of anilines is 2. The van der Waals surface area contributed by atoms with Gasteiger partial charge in [-0.1, -0.05) is 13.8 Å². The summed E-state index contributed by atoms with van der Waals surface area (Å²) in [6.07, 6.45) is 5.18. The maximum atomic E-state index is 12.9. The Bertz CT molecular complexity index is 999. The number of carbonyl (C=O) groups excluding carboxylic acids is 1. The van der Waals surface area contributed by atoms with Gasteiger partial charge in [0.25, 0.3) is 5.91 Å². The summed E-state index contributed by atoms with van der Waals surface area (Å²) in [6, 6.07) is 8.01. The van der Waals surface area contributed by atoms with Gasteiger partial charge in [-0.05, 0) is 49.6 Å². The van der Waals surface area contributed by atoms with E-state index in [2.05, 4.69) is 15.2 Å². The third-order valence-corrected chi connectivity index (χ3v) is 7.49. The van der Waals surface area contributed by atoms with Crippen molar-refractivity contribution in [1.82, 2.24) is 9.29 Å². The fourth-order valence-electron chi connectivity index (χ4n) is 3.71. The van der Waals surface area contributed by atoms with E-state index >= 15 is 0 Å². The van der Waals surface area contributed by atoms with E-state index in [0.29, 0.717) is 24.5 Å². The van der Waals surface area contributed by atoms with E-state index < -0.39 is 15.9 Å². The SMILES string of the molecule is CCN(CC)S(=O)(=O)c1ccc(OC)c(C(=O)Nc2ccc(N3CCCCC3)nc2)c1. The maximum absolute atomic E-state index is 12.9. The molecule has 1 amide bonds. The zero-order valence-corrected chi connectivity index (χ0v) is 19.1. The van der Waals surface area contributed by atoms with E-state index in [0.717, 1.165) is 31.7 Å². The second kappa shape index (κ2) is 10.1. The van der Waals surface area contributed by atoms with Crippen LogP contribution < -0.4 is 15.0 Å². The fourth-order valence-corrected chi connectivity index (χ4v) is 5.19. The van der Waals surface area contributed by atoms with Gasteiger partial charge in [0, 0.05) is 26.2 Å². The van der Waals surface area contributed by atoms with Crippen molar-refractivity contribution in [2.45, 2.75) is 38.0 Å². The van der Waals surface area contributed by atoms with Crippen LogP contribution in [0.5, 0.6) is 5.75 Å². The Balaban J connectivity index is 1.82. The molecule has 0 radical (unpaired) electrons. The molecule has 1 N–H and O–H groups in total. The maximum Gasteiger partial charge on any atom is 0.259 e. The standard InChI is InChI=1S/C22H30N4O4S/c1-4-26(5-2)31(28,29)18-10-11-20(30-3)19(15-18)22(27)24-17-9-12-21(23-16-17)25-13-7-6-8-14-25/h9-12,15-16H,4-8,13-14H2,1-3H3,(H,24,27). The largest absolute Gasteiger partial charge is 0.496 e. The summed E-state index contributed by atoms with van der Waals surface area (Å²) in [5.41, 5.74) is 0.681. The van der Waals surface area contributed by atoms with Crippen molar-refractivity contribution in [3.63, 3.8) is 0 Å². The van der Waals surface area contributed by atoms with Gasteiger partial charge in [0.05, 0.1) is 29.5 Å². The highest BCUT2D eigenvalue weighted by Crippen LogP contribution is 2.26. The average Bonchev–Trinajstić information content (AvgIpc) is 2.80. The van der Waals surface area contributed by atoms with Crippen LogP contribution in [0.2, 0.25) is 0 Å². The first kappa shape index (κ1) is 23.0. The molecule has 2 heterocycles. The molecule has 31 heavy (non-hydrogen) atoms. The molecule has 1 fully saturated rings. The number of benzene rings is 1. The number of methoxy groups -OCH3 is 1. The van der Waals surface area contributed by atoms with Crippen LogP contribution in [0.3, 0.4) is 0 Å². The van der Waals surface area contributed by atoms with Gasteiger partial charge in [-0.15, -0.1) is 0 Å². The predicted molar refractivity (Wildman–Crippen MR) is 121 cm³/mol. The molecule has 0 bridgehead atoms. The number of aromatic nitrogens is 1. The number of amides is 1. The quantitative estimate of drug-likeness (QED) is 0.669. The highest BCUT2D eigenvalue weighted by molar-refractivity contribution is 7.89. The summed E-state index contributed by atoms with van der Waals surface area (Å²) < 4.78 is 32.3. The van der Waals surface area contributed by atoms with Crippen molar-refractivity contribution >= 4 is 27.4 Å². The molecule has 1 aromatic carbocycles. The average molecular weight is 447 g/mol. The van der Waals surface area contributed by atoms with Crippen molar-refractivity contribution in [1.29, 1.82) is 0 Å². The third kappa shape index (κ3) is 5.16. The lowest BCUT2D eigenvalue weighted by molar-refractivity contribution is 0.102. The number of hydrogen-bond acceptors (Lipinski definition) is 6. The summed E-state index contributed by atoms with van der Waals surface area (Å²) in [5.74, 6) is 0.734. The minimum Gasteiger partial charge on any atom is -0.496 e. The molecule has 3 rings (SSSR count). The Morgan fingerprint density at radius 2 is 1.84 bits per heavy atom. The first-order chi connectivity index (χ1) is 14.9. The number of nitrogens with zero attached hydrogens (tertiary/aromatic N) is 3. The van der Waals surface area contributed by atoms with E-state index in [9.17, 15) is 13.2 Å². The Morgan fingerprint density at radius 1 is 1.13 bits per heavy atom. The highest BCUT2D eigenvalue weighted by Gasteiger charge is 2.24. The molecule has 9 heteroatoms. The zero-order valence-electron chi connectivity index (χ0n) is 18.3. The first-order valence-electron chi connectivity index (χ1n) is 10.6. The van der Waals surface area contributed by atoms with Crippen LogP contribution in [0.1, 0.15) is 43.5 Å². The smallest absolute Gasteiger partial charge is 0.259 e. The number of nitrogens with one attached hydrogen (secondary N) is 1. The molecule has 0 spiro atoms. The lowest BCUT2D eigenvalue weighted by Crippen LogP contribution is -2.30. The van der Waals surface area contributed by atoms with E-state index in [1.54, 1.807) is 26.1 Å². The van der Waals surface area contributed by atoms with E-state index in [-0.39, 0.29) is 10.5 Å². The van der Waals surface area contributed by atoms with Crippen LogP contribution in [-0.2, 0) is 10.0 Å². The van der Waals surface area contributed by atoms with E-state index in [1.165, 1.54) is 36.0 Å². The monoisotopic (exact) mass is 446 g/mol. The minimum atomic E-state index is -3.69. The van der Waals surface area contributed by atoms with Crippen molar-refractivity contribution in [2.24, 2.45) is 0 Å². The lowest BCUT2D eigenvalue weighted by Gasteiger charge is -2.27. The second-order valence-corrected chi connectivity index (χ2v) is 9.30. The van der Waals surface area contributed by atoms with Gasteiger partial charge in [-0.2, -0.15) is 4.31 Å². The topological polar surface area (TPSA) is 91.8 Å². The number of hydrogen-bond donors (Lipinski definition) is 1. The number of ether oxygens (including phenoxy) is 1. The van der Waals surface area contributed by atoms with Crippen LogP contribution in [0.4, 0.5) is 11.5 Å². The number of carbonyl (C=O) groups is 1. The van der Waals surface area contributed by atoms with Crippen molar-refractivity contribution in [2.75, 3.05) is 43.5 Å². The van der Waals surface area contributed by atoms with Gasteiger partial charge in [0.2, 0.25) is 10.0 Å². The van der Waals surface area contributed by atoms with Gasteiger partial charge in [-0.3, -0.25) is 4.79 Å². The molecular formula is C22H30N4O4S. The van der Waals surface area contributed by atoms with Crippen LogP contribution in [0, 0.1) is 0 Å². The number of piperidine rings is 1. The van der Waals surface area contributed by atoms with Crippen LogP contribution in [-0.4, -0.2) is 56.9 Å². The molecule has 0 atom stereocenters. The molecule has 8 nitrogen and oxygen atoms in total. The number of pyridine rings is 1. The van der Waals surface area contributed by atoms with Crippen molar-refractivity contribution in [3.8, 4) is 5.75 Å². The first-order valence-corrected chi connectivity index (χ1v) is 12.0. The fraction of sp³-hybridized carbons (Fsp3) is 0.455.